The van der Waals surface area contributed by atoms with Gasteiger partial charge in [-0.3, -0.25) is 0 Å². The van der Waals surface area contributed by atoms with Gasteiger partial charge in [-0.05, 0) is 6.07 Å². The average molecular weight is 166 g/mol. The molecule has 2 rings (SSSR count). The molecule has 60 valence electrons. The maximum atomic E-state index is 5.57. The summed E-state index contributed by atoms with van der Waals surface area (Å²) in [5, 5.41) is 0. The van der Waals surface area contributed by atoms with Crippen LogP contribution in [0.2, 0.25) is 0 Å². The Labute approximate surface area is 78.1 Å². The van der Waals surface area contributed by atoms with Crippen molar-refractivity contribution in [3.05, 3.63) is 42.9 Å². The van der Waals surface area contributed by atoms with Crippen LogP contribution in [0.3, 0.4) is 0 Å². The molecule has 0 saturated heterocycles. The minimum Gasteiger partial charge on any atom is -0.245 e. The first-order valence-corrected chi connectivity index (χ1v) is 3.98. The van der Waals surface area contributed by atoms with Crippen molar-refractivity contribution in [2.75, 3.05) is 0 Å². The van der Waals surface area contributed by atoms with Gasteiger partial charge >= 0.3 is 0 Å². The molecule has 1 aromatic carbocycles. The zero-order valence-corrected chi connectivity index (χ0v) is 7.01. The van der Waals surface area contributed by atoms with Crippen LogP contribution in [-0.4, -0.2) is 17.8 Å². The Kier molecular flexibility index (Phi) is 2.09. The highest BCUT2D eigenvalue weighted by atomic mass is 14.8. The summed E-state index contributed by atoms with van der Waals surface area (Å²) in [6.07, 6.45) is 3.25. The summed E-state index contributed by atoms with van der Waals surface area (Å²) in [6, 6.07) is 9.47. The van der Waals surface area contributed by atoms with Gasteiger partial charge in [-0.25, -0.2) is 9.97 Å². The summed E-state index contributed by atoms with van der Waals surface area (Å²) in [6.45, 7) is 0. The predicted molar refractivity (Wildman–Crippen MR) is 52.9 cm³/mol. The molecule has 0 saturated carbocycles. The highest BCUT2D eigenvalue weighted by Gasteiger charge is 1.95. The van der Waals surface area contributed by atoms with E-state index in [2.05, 4.69) is 9.97 Å². The number of aromatic nitrogens is 2. The SMILES string of the molecule is [B]c1ccc(-c2ccncn2)cc1. The molecule has 0 aliphatic rings. The molecule has 0 bridgehead atoms. The molecular formula is C10H7BN2. The van der Waals surface area contributed by atoms with Gasteiger partial charge < -0.3 is 0 Å². The summed E-state index contributed by atoms with van der Waals surface area (Å²) in [4.78, 5) is 7.98. The van der Waals surface area contributed by atoms with E-state index in [1.54, 1.807) is 6.20 Å². The van der Waals surface area contributed by atoms with Gasteiger partial charge in [0, 0.05) is 11.8 Å². The molecule has 2 nitrogen and oxygen atoms in total. The quantitative estimate of drug-likeness (QED) is 0.589. The fourth-order valence-corrected chi connectivity index (χ4v) is 1.12. The van der Waals surface area contributed by atoms with Crippen molar-refractivity contribution in [1.29, 1.82) is 0 Å². The topological polar surface area (TPSA) is 25.8 Å². The molecule has 0 spiro atoms. The maximum absolute atomic E-state index is 5.57. The lowest BCUT2D eigenvalue weighted by molar-refractivity contribution is 1.17. The van der Waals surface area contributed by atoms with E-state index in [0.29, 0.717) is 0 Å². The molecule has 0 atom stereocenters. The normalized spacial score (nSPS) is 9.85. The lowest BCUT2D eigenvalue weighted by Gasteiger charge is -1.99. The van der Waals surface area contributed by atoms with Gasteiger partial charge in [-0.15, -0.1) is 0 Å². The van der Waals surface area contributed by atoms with Crippen LogP contribution in [0.1, 0.15) is 0 Å². The van der Waals surface area contributed by atoms with Crippen LogP contribution >= 0.6 is 0 Å². The smallest absolute Gasteiger partial charge is 0.116 e. The molecule has 3 heteroatoms. The summed E-state index contributed by atoms with van der Waals surface area (Å²) >= 11 is 0. The molecule has 2 radical (unpaired) electrons. The van der Waals surface area contributed by atoms with Crippen LogP contribution in [0, 0.1) is 0 Å². The van der Waals surface area contributed by atoms with Gasteiger partial charge in [0.15, 0.2) is 0 Å². The van der Waals surface area contributed by atoms with Gasteiger partial charge in [-0.1, -0.05) is 29.7 Å². The number of benzene rings is 1. The second-order valence-corrected chi connectivity index (χ2v) is 2.72. The third-order valence-electron chi connectivity index (χ3n) is 1.79. The molecule has 0 aliphatic carbocycles. The van der Waals surface area contributed by atoms with Gasteiger partial charge in [0.1, 0.15) is 14.2 Å². The second-order valence-electron chi connectivity index (χ2n) is 2.72. The summed E-state index contributed by atoms with van der Waals surface area (Å²) in [5.74, 6) is 0. The van der Waals surface area contributed by atoms with Gasteiger partial charge in [0.2, 0.25) is 0 Å². The van der Waals surface area contributed by atoms with Gasteiger partial charge in [-0.2, -0.15) is 0 Å². The molecule has 1 aromatic heterocycles. The van der Waals surface area contributed by atoms with Crippen LogP contribution in [0.15, 0.2) is 42.9 Å². The lowest BCUT2D eigenvalue weighted by Crippen LogP contribution is -1.99. The second kappa shape index (κ2) is 3.39. The standard InChI is InChI=1S/C10H7BN2/c11-9-3-1-8(2-4-9)10-5-6-12-7-13-10/h1-7H. The van der Waals surface area contributed by atoms with Crippen molar-refractivity contribution in [1.82, 2.24) is 9.97 Å². The van der Waals surface area contributed by atoms with Crippen molar-refractivity contribution < 1.29 is 0 Å². The summed E-state index contributed by atoms with van der Waals surface area (Å²) in [7, 11) is 5.57. The first kappa shape index (κ1) is 7.99. The molecular weight excluding hydrogens is 159 g/mol. The molecule has 0 N–H and O–H groups in total. The average Bonchev–Trinajstić information content (AvgIpc) is 2.20. The highest BCUT2D eigenvalue weighted by Crippen LogP contribution is 2.12. The first-order valence-electron chi connectivity index (χ1n) is 3.98. The van der Waals surface area contributed by atoms with Crippen LogP contribution in [0.25, 0.3) is 11.3 Å². The van der Waals surface area contributed by atoms with E-state index < -0.39 is 0 Å². The number of nitrogens with zero attached hydrogens (tertiary/aromatic N) is 2. The molecule has 13 heavy (non-hydrogen) atoms. The first-order chi connectivity index (χ1) is 6.36. The molecule has 0 aliphatic heterocycles. The third-order valence-corrected chi connectivity index (χ3v) is 1.79. The fourth-order valence-electron chi connectivity index (χ4n) is 1.12. The third kappa shape index (κ3) is 1.75. The molecule has 1 heterocycles. The minimum atomic E-state index is 0.762. The van der Waals surface area contributed by atoms with Crippen LogP contribution in [-0.2, 0) is 0 Å². The Morgan fingerprint density at radius 1 is 1.00 bits per heavy atom. The van der Waals surface area contributed by atoms with Gasteiger partial charge in [0.25, 0.3) is 0 Å². The monoisotopic (exact) mass is 166 g/mol. The lowest BCUT2D eigenvalue weighted by atomic mass is 9.95. The van der Waals surface area contributed by atoms with Crippen molar-refractivity contribution in [3.8, 4) is 11.3 Å². The fraction of sp³-hybridized carbons (Fsp3) is 0. The van der Waals surface area contributed by atoms with Gasteiger partial charge in [0.05, 0.1) is 5.69 Å². The number of rotatable bonds is 1. The maximum Gasteiger partial charge on any atom is 0.116 e. The Morgan fingerprint density at radius 2 is 1.77 bits per heavy atom. The molecule has 0 fully saturated rings. The van der Waals surface area contributed by atoms with E-state index >= 15 is 0 Å². The van der Waals surface area contributed by atoms with E-state index in [4.69, 9.17) is 7.85 Å². The van der Waals surface area contributed by atoms with Crippen LogP contribution in [0.5, 0.6) is 0 Å². The van der Waals surface area contributed by atoms with Crippen LogP contribution < -0.4 is 5.46 Å². The zero-order chi connectivity index (χ0) is 9.10. The number of hydrogen-bond donors (Lipinski definition) is 0. The molecule has 0 amide bonds. The van der Waals surface area contributed by atoms with Crippen molar-refractivity contribution >= 4 is 13.3 Å². The Morgan fingerprint density at radius 3 is 2.38 bits per heavy atom. The van der Waals surface area contributed by atoms with Crippen molar-refractivity contribution in [2.24, 2.45) is 0 Å². The predicted octanol–water partition coefficient (Wildman–Crippen LogP) is 0.937. The Balaban J connectivity index is 2.42. The molecule has 0 unspecified atom stereocenters. The van der Waals surface area contributed by atoms with Crippen molar-refractivity contribution in [3.63, 3.8) is 0 Å². The summed E-state index contributed by atoms with van der Waals surface area (Å²) in [5.41, 5.74) is 2.73. The zero-order valence-electron chi connectivity index (χ0n) is 7.01. The summed E-state index contributed by atoms with van der Waals surface area (Å²) < 4.78 is 0. The van der Waals surface area contributed by atoms with E-state index in [1.807, 2.05) is 30.3 Å². The van der Waals surface area contributed by atoms with E-state index in [-0.39, 0.29) is 0 Å². The van der Waals surface area contributed by atoms with Crippen molar-refractivity contribution in [2.45, 2.75) is 0 Å². The van der Waals surface area contributed by atoms with E-state index in [0.717, 1.165) is 16.7 Å². The van der Waals surface area contributed by atoms with Crippen LogP contribution in [0.4, 0.5) is 0 Å². The van der Waals surface area contributed by atoms with E-state index in [1.165, 1.54) is 6.33 Å². The minimum absolute atomic E-state index is 0.762. The Bertz CT molecular complexity index is 383. The Hall–Kier alpha value is -1.64. The largest absolute Gasteiger partial charge is 0.245 e. The number of hydrogen-bond acceptors (Lipinski definition) is 2. The highest BCUT2D eigenvalue weighted by molar-refractivity contribution is 6.32. The molecule has 2 aromatic rings. The van der Waals surface area contributed by atoms with E-state index in [9.17, 15) is 0 Å².